The van der Waals surface area contributed by atoms with Crippen LogP contribution in [0.3, 0.4) is 0 Å². The van der Waals surface area contributed by atoms with Gasteiger partial charge in [-0.05, 0) is 7.05 Å². The number of carbonyl (C=O) groups excluding carboxylic acids is 1. The third-order valence-electron chi connectivity index (χ3n) is 1.47. The van der Waals surface area contributed by atoms with Crippen molar-refractivity contribution in [1.29, 1.82) is 0 Å². The van der Waals surface area contributed by atoms with Crippen molar-refractivity contribution in [3.63, 3.8) is 0 Å². The van der Waals surface area contributed by atoms with Crippen molar-refractivity contribution in [2.24, 2.45) is 0 Å². The number of amides is 1. The number of hydrogen-bond acceptors (Lipinski definition) is 4. The minimum absolute atomic E-state index is 0.293. The van der Waals surface area contributed by atoms with Crippen molar-refractivity contribution >= 4 is 17.8 Å². The highest BCUT2D eigenvalue weighted by molar-refractivity contribution is 5.86. The van der Waals surface area contributed by atoms with E-state index < -0.39 is 30.4 Å². The Morgan fingerprint density at radius 1 is 1.29 bits per heavy atom. The fourth-order valence-corrected chi connectivity index (χ4v) is 0.745. The Morgan fingerprint density at radius 3 is 2.21 bits per heavy atom. The molecule has 0 aliphatic heterocycles. The highest BCUT2D eigenvalue weighted by Crippen LogP contribution is 1.90. The molecular formula is C7H12N2O5. The van der Waals surface area contributed by atoms with E-state index in [2.05, 4.69) is 10.6 Å². The van der Waals surface area contributed by atoms with Crippen LogP contribution in [0, 0.1) is 0 Å². The first-order valence-electron chi connectivity index (χ1n) is 3.86. The number of carbonyl (C=O) groups is 3. The third kappa shape index (κ3) is 5.09. The van der Waals surface area contributed by atoms with E-state index in [9.17, 15) is 14.4 Å². The summed E-state index contributed by atoms with van der Waals surface area (Å²) in [5.74, 6) is -2.94. The molecule has 0 saturated carbocycles. The molecule has 0 saturated heterocycles. The van der Waals surface area contributed by atoms with E-state index >= 15 is 0 Å². The molecule has 0 spiro atoms. The van der Waals surface area contributed by atoms with Crippen LogP contribution in [0.1, 0.15) is 6.42 Å². The van der Waals surface area contributed by atoms with Crippen molar-refractivity contribution in [3.05, 3.63) is 0 Å². The van der Waals surface area contributed by atoms with Gasteiger partial charge < -0.3 is 20.8 Å². The summed E-state index contributed by atoms with van der Waals surface area (Å²) in [6, 6.07) is -0.996. The lowest BCUT2D eigenvalue weighted by Gasteiger charge is -2.09. The zero-order valence-electron chi connectivity index (χ0n) is 7.61. The van der Waals surface area contributed by atoms with E-state index in [1.165, 1.54) is 7.05 Å². The lowest BCUT2D eigenvalue weighted by Crippen LogP contribution is -2.40. The lowest BCUT2D eigenvalue weighted by molar-refractivity contribution is -0.141. The van der Waals surface area contributed by atoms with Gasteiger partial charge in [-0.3, -0.25) is 14.4 Å². The van der Waals surface area contributed by atoms with Crippen LogP contribution in [0.15, 0.2) is 0 Å². The number of rotatable bonds is 6. The highest BCUT2D eigenvalue weighted by atomic mass is 16.4. The molecule has 80 valence electrons. The summed E-state index contributed by atoms with van der Waals surface area (Å²) < 4.78 is 0. The molecule has 0 aliphatic carbocycles. The maximum Gasteiger partial charge on any atom is 0.322 e. The number of carboxylic acids is 2. The summed E-state index contributed by atoms with van der Waals surface area (Å²) in [6.07, 6.45) is -0.293. The molecule has 0 aliphatic rings. The summed E-state index contributed by atoms with van der Waals surface area (Å²) in [6.45, 7) is -0.505. The highest BCUT2D eigenvalue weighted by Gasteiger charge is 2.18. The smallest absolute Gasteiger partial charge is 0.322 e. The van der Waals surface area contributed by atoms with Crippen molar-refractivity contribution < 1.29 is 24.6 Å². The van der Waals surface area contributed by atoms with Crippen LogP contribution in [0.4, 0.5) is 0 Å². The summed E-state index contributed by atoms with van der Waals surface area (Å²) in [5, 5.41) is 21.2. The molecule has 0 heterocycles. The average molecular weight is 204 g/mol. The first-order chi connectivity index (χ1) is 6.47. The number of carboxylic acid groups (broad SMARTS) is 2. The Kier molecular flexibility index (Phi) is 5.23. The zero-order chi connectivity index (χ0) is 11.1. The Labute approximate surface area is 80.1 Å². The fraction of sp³-hybridized carbons (Fsp3) is 0.571. The van der Waals surface area contributed by atoms with Crippen LogP contribution < -0.4 is 10.6 Å². The van der Waals surface area contributed by atoms with Gasteiger partial charge in [-0.15, -0.1) is 0 Å². The van der Waals surface area contributed by atoms with Gasteiger partial charge in [-0.2, -0.15) is 0 Å². The summed E-state index contributed by atoms with van der Waals surface area (Å²) in [7, 11) is 1.41. The van der Waals surface area contributed by atoms with E-state index in [4.69, 9.17) is 10.2 Å². The molecule has 14 heavy (non-hydrogen) atoms. The first kappa shape index (κ1) is 12.4. The number of hydrogen-bond donors (Lipinski definition) is 4. The Balaban J connectivity index is 3.91. The van der Waals surface area contributed by atoms with Gasteiger partial charge in [-0.1, -0.05) is 0 Å². The molecular weight excluding hydrogens is 192 g/mol. The zero-order valence-corrected chi connectivity index (χ0v) is 7.61. The second-order valence-corrected chi connectivity index (χ2v) is 2.55. The number of nitrogens with one attached hydrogen (secondary N) is 2. The largest absolute Gasteiger partial charge is 0.480 e. The van der Waals surface area contributed by atoms with Gasteiger partial charge in [0.15, 0.2) is 0 Å². The Hall–Kier alpha value is -1.63. The summed E-state index contributed by atoms with van der Waals surface area (Å²) in [4.78, 5) is 31.4. The molecule has 0 bridgehead atoms. The summed E-state index contributed by atoms with van der Waals surface area (Å²) >= 11 is 0. The van der Waals surface area contributed by atoms with Crippen LogP contribution in [-0.4, -0.2) is 47.7 Å². The average Bonchev–Trinajstić information content (AvgIpc) is 2.10. The van der Waals surface area contributed by atoms with Gasteiger partial charge in [0.2, 0.25) is 5.91 Å². The maximum absolute atomic E-state index is 10.9. The molecule has 7 nitrogen and oxygen atoms in total. The quantitative estimate of drug-likeness (QED) is 0.407. The van der Waals surface area contributed by atoms with Gasteiger partial charge in [0.25, 0.3) is 0 Å². The molecule has 0 aromatic carbocycles. The van der Waals surface area contributed by atoms with Crippen molar-refractivity contribution in [1.82, 2.24) is 10.6 Å². The van der Waals surface area contributed by atoms with Gasteiger partial charge in [0, 0.05) is 0 Å². The van der Waals surface area contributed by atoms with Crippen LogP contribution in [0.25, 0.3) is 0 Å². The van der Waals surface area contributed by atoms with Gasteiger partial charge in [0.1, 0.15) is 12.6 Å². The second-order valence-electron chi connectivity index (χ2n) is 2.55. The monoisotopic (exact) mass is 204 g/mol. The van der Waals surface area contributed by atoms with Crippen molar-refractivity contribution in [3.8, 4) is 0 Å². The maximum atomic E-state index is 10.9. The predicted molar refractivity (Wildman–Crippen MR) is 45.7 cm³/mol. The van der Waals surface area contributed by atoms with Crippen LogP contribution >= 0.6 is 0 Å². The molecule has 0 aromatic rings. The molecule has 1 atom stereocenters. The minimum Gasteiger partial charge on any atom is -0.480 e. The van der Waals surface area contributed by atoms with Crippen LogP contribution in [0.5, 0.6) is 0 Å². The molecule has 4 N–H and O–H groups in total. The Bertz CT molecular complexity index is 240. The van der Waals surface area contributed by atoms with Crippen molar-refractivity contribution in [2.75, 3.05) is 13.6 Å². The molecule has 0 rings (SSSR count). The second kappa shape index (κ2) is 5.92. The number of aliphatic carboxylic acids is 2. The summed E-state index contributed by atoms with van der Waals surface area (Å²) in [5.41, 5.74) is 0. The third-order valence-corrected chi connectivity index (χ3v) is 1.47. The fourth-order valence-electron chi connectivity index (χ4n) is 0.745. The van der Waals surface area contributed by atoms with Gasteiger partial charge >= 0.3 is 11.9 Å². The van der Waals surface area contributed by atoms with Crippen molar-refractivity contribution in [2.45, 2.75) is 12.5 Å². The molecule has 7 heteroatoms. The van der Waals surface area contributed by atoms with Crippen LogP contribution in [0.2, 0.25) is 0 Å². The van der Waals surface area contributed by atoms with E-state index in [0.717, 1.165) is 0 Å². The first-order valence-corrected chi connectivity index (χ1v) is 3.86. The molecule has 0 radical (unpaired) electrons. The SMILES string of the molecule is CNC(CC(=O)NCC(=O)O)C(=O)O. The van der Waals surface area contributed by atoms with E-state index in [1.54, 1.807) is 0 Å². The van der Waals surface area contributed by atoms with E-state index in [0.29, 0.717) is 0 Å². The predicted octanol–water partition coefficient (Wildman–Crippen LogP) is -1.75. The minimum atomic E-state index is -1.17. The van der Waals surface area contributed by atoms with Gasteiger partial charge in [-0.25, -0.2) is 0 Å². The molecule has 0 aromatic heterocycles. The Morgan fingerprint density at radius 2 is 1.86 bits per heavy atom. The normalized spacial score (nSPS) is 11.8. The van der Waals surface area contributed by atoms with E-state index in [-0.39, 0.29) is 6.42 Å². The molecule has 1 unspecified atom stereocenters. The molecule has 0 fully saturated rings. The van der Waals surface area contributed by atoms with E-state index in [1.807, 2.05) is 0 Å². The standard InChI is InChI=1S/C7H12N2O5/c1-8-4(7(13)14)2-5(10)9-3-6(11)12/h4,8H,2-3H2,1H3,(H,9,10)(H,11,12)(H,13,14). The number of likely N-dealkylation sites (N-methyl/N-ethyl adjacent to an activating group) is 1. The molecule has 1 amide bonds. The topological polar surface area (TPSA) is 116 Å². The van der Waals surface area contributed by atoms with Crippen LogP contribution in [-0.2, 0) is 14.4 Å². The van der Waals surface area contributed by atoms with Gasteiger partial charge in [0.05, 0.1) is 6.42 Å². The lowest BCUT2D eigenvalue weighted by atomic mass is 10.2.